The number of likely N-dealkylation sites (N-methyl/N-ethyl adjacent to an activating group) is 1. The van der Waals surface area contributed by atoms with Crippen LogP contribution in [0.25, 0.3) is 11.4 Å². The number of nitrogens with zero attached hydrogens (tertiary/aromatic N) is 4. The Kier molecular flexibility index (Phi) is 3.34. The SMILES string of the molecule is CNC(=O)Cn1nnc(-c2cccc(Cl)c2)n1. The van der Waals surface area contributed by atoms with Crippen LogP contribution < -0.4 is 5.32 Å². The molecule has 2 rings (SSSR count). The number of aromatic nitrogens is 4. The van der Waals surface area contributed by atoms with Gasteiger partial charge in [-0.1, -0.05) is 23.7 Å². The molecule has 1 aromatic carbocycles. The van der Waals surface area contributed by atoms with Crippen LogP contribution >= 0.6 is 11.6 Å². The zero-order valence-electron chi connectivity index (χ0n) is 9.09. The van der Waals surface area contributed by atoms with Crippen LogP contribution in [0.15, 0.2) is 24.3 Å². The smallest absolute Gasteiger partial charge is 0.243 e. The summed E-state index contributed by atoms with van der Waals surface area (Å²) < 4.78 is 0. The zero-order valence-corrected chi connectivity index (χ0v) is 9.85. The fraction of sp³-hybridized carbons (Fsp3) is 0.200. The molecule has 1 N–H and O–H groups in total. The van der Waals surface area contributed by atoms with E-state index in [0.717, 1.165) is 5.56 Å². The van der Waals surface area contributed by atoms with Gasteiger partial charge in [0.15, 0.2) is 0 Å². The summed E-state index contributed by atoms with van der Waals surface area (Å²) in [5.74, 6) is 0.261. The molecule has 1 amide bonds. The van der Waals surface area contributed by atoms with Crippen LogP contribution in [-0.4, -0.2) is 33.2 Å². The van der Waals surface area contributed by atoms with Crippen LogP contribution in [0.1, 0.15) is 0 Å². The second-order valence-electron chi connectivity index (χ2n) is 3.33. The van der Waals surface area contributed by atoms with E-state index in [1.807, 2.05) is 6.07 Å². The van der Waals surface area contributed by atoms with Gasteiger partial charge in [-0.15, -0.1) is 10.2 Å². The maximum Gasteiger partial charge on any atom is 0.243 e. The van der Waals surface area contributed by atoms with Crippen molar-refractivity contribution in [2.45, 2.75) is 6.54 Å². The van der Waals surface area contributed by atoms with Gasteiger partial charge in [0.05, 0.1) is 0 Å². The summed E-state index contributed by atoms with van der Waals surface area (Å²) in [6, 6.07) is 7.13. The second-order valence-corrected chi connectivity index (χ2v) is 3.76. The van der Waals surface area contributed by atoms with E-state index in [4.69, 9.17) is 11.6 Å². The number of hydrogen-bond donors (Lipinski definition) is 1. The summed E-state index contributed by atoms with van der Waals surface area (Å²) in [7, 11) is 1.55. The van der Waals surface area contributed by atoms with E-state index in [1.165, 1.54) is 4.80 Å². The van der Waals surface area contributed by atoms with E-state index >= 15 is 0 Å². The van der Waals surface area contributed by atoms with Gasteiger partial charge in [-0.05, 0) is 17.3 Å². The first kappa shape index (κ1) is 11.5. The molecule has 88 valence electrons. The van der Waals surface area contributed by atoms with Crippen molar-refractivity contribution in [2.24, 2.45) is 0 Å². The minimum Gasteiger partial charge on any atom is -0.358 e. The molecule has 0 atom stereocenters. The summed E-state index contributed by atoms with van der Waals surface area (Å²) >= 11 is 5.86. The molecule has 2 aromatic rings. The Morgan fingerprint density at radius 1 is 1.53 bits per heavy atom. The highest BCUT2D eigenvalue weighted by atomic mass is 35.5. The molecule has 0 fully saturated rings. The molecule has 6 nitrogen and oxygen atoms in total. The summed E-state index contributed by atoms with van der Waals surface area (Å²) in [5.41, 5.74) is 0.764. The Morgan fingerprint density at radius 3 is 3.06 bits per heavy atom. The molecule has 0 aliphatic heterocycles. The van der Waals surface area contributed by atoms with Crippen molar-refractivity contribution in [1.82, 2.24) is 25.5 Å². The lowest BCUT2D eigenvalue weighted by Crippen LogP contribution is -2.24. The molecular formula is C10H10ClN5O. The Bertz CT molecular complexity index is 539. The standard InChI is InChI=1S/C10H10ClN5O/c1-12-9(17)6-16-14-10(13-15-16)7-3-2-4-8(11)5-7/h2-5H,6H2,1H3,(H,12,17). The molecule has 0 unspecified atom stereocenters. The van der Waals surface area contributed by atoms with Crippen molar-refractivity contribution in [3.05, 3.63) is 29.3 Å². The van der Waals surface area contributed by atoms with E-state index in [-0.39, 0.29) is 12.5 Å². The Morgan fingerprint density at radius 2 is 2.35 bits per heavy atom. The third kappa shape index (κ3) is 2.79. The quantitative estimate of drug-likeness (QED) is 0.873. The van der Waals surface area contributed by atoms with Crippen LogP contribution in [0, 0.1) is 0 Å². The van der Waals surface area contributed by atoms with Crippen LogP contribution in [0.4, 0.5) is 0 Å². The van der Waals surface area contributed by atoms with Crippen LogP contribution in [-0.2, 0) is 11.3 Å². The largest absolute Gasteiger partial charge is 0.358 e. The monoisotopic (exact) mass is 251 g/mol. The first-order valence-electron chi connectivity index (χ1n) is 4.93. The van der Waals surface area contributed by atoms with Gasteiger partial charge in [0, 0.05) is 17.6 Å². The molecule has 0 saturated heterocycles. The lowest BCUT2D eigenvalue weighted by molar-refractivity contribution is -0.121. The van der Waals surface area contributed by atoms with Crippen molar-refractivity contribution >= 4 is 17.5 Å². The number of carbonyl (C=O) groups is 1. The van der Waals surface area contributed by atoms with Crippen LogP contribution in [0.3, 0.4) is 0 Å². The van der Waals surface area contributed by atoms with Gasteiger partial charge in [0.2, 0.25) is 11.7 Å². The summed E-state index contributed by atoms with van der Waals surface area (Å²) in [5, 5.41) is 14.8. The highest BCUT2D eigenvalue weighted by molar-refractivity contribution is 6.30. The number of tetrazole rings is 1. The van der Waals surface area contributed by atoms with E-state index in [0.29, 0.717) is 10.8 Å². The number of rotatable bonds is 3. The molecule has 0 bridgehead atoms. The van der Waals surface area contributed by atoms with Gasteiger partial charge in [-0.2, -0.15) is 4.80 Å². The van der Waals surface area contributed by atoms with E-state index in [9.17, 15) is 4.79 Å². The van der Waals surface area contributed by atoms with Gasteiger partial charge >= 0.3 is 0 Å². The minimum atomic E-state index is -0.181. The van der Waals surface area contributed by atoms with Crippen molar-refractivity contribution < 1.29 is 4.79 Å². The van der Waals surface area contributed by atoms with E-state index < -0.39 is 0 Å². The number of benzene rings is 1. The Balaban J connectivity index is 2.21. The number of hydrogen-bond acceptors (Lipinski definition) is 4. The maximum atomic E-state index is 11.1. The minimum absolute atomic E-state index is 0.0457. The third-order valence-corrected chi connectivity index (χ3v) is 2.33. The fourth-order valence-corrected chi connectivity index (χ4v) is 1.45. The van der Waals surface area contributed by atoms with E-state index in [1.54, 1.807) is 25.2 Å². The van der Waals surface area contributed by atoms with Crippen molar-refractivity contribution in [1.29, 1.82) is 0 Å². The molecule has 7 heteroatoms. The highest BCUT2D eigenvalue weighted by Crippen LogP contribution is 2.18. The summed E-state index contributed by atoms with van der Waals surface area (Å²) in [4.78, 5) is 12.4. The number of carbonyl (C=O) groups excluding carboxylic acids is 1. The second kappa shape index (κ2) is 4.92. The first-order valence-corrected chi connectivity index (χ1v) is 5.31. The van der Waals surface area contributed by atoms with Crippen LogP contribution in [0.5, 0.6) is 0 Å². The van der Waals surface area contributed by atoms with Crippen molar-refractivity contribution in [3.8, 4) is 11.4 Å². The Labute approximate surface area is 103 Å². The zero-order chi connectivity index (χ0) is 12.3. The van der Waals surface area contributed by atoms with Gasteiger partial charge in [-0.3, -0.25) is 4.79 Å². The molecule has 0 spiro atoms. The predicted molar refractivity (Wildman–Crippen MR) is 62.3 cm³/mol. The normalized spacial score (nSPS) is 10.2. The molecule has 0 aliphatic carbocycles. The van der Waals surface area contributed by atoms with E-state index in [2.05, 4.69) is 20.7 Å². The Hall–Kier alpha value is -1.95. The summed E-state index contributed by atoms with van der Waals surface area (Å²) in [6.45, 7) is 0.0457. The fourth-order valence-electron chi connectivity index (χ4n) is 1.26. The molecule has 17 heavy (non-hydrogen) atoms. The number of halogens is 1. The molecule has 1 aromatic heterocycles. The van der Waals surface area contributed by atoms with Gasteiger partial charge in [0.25, 0.3) is 0 Å². The lowest BCUT2D eigenvalue weighted by atomic mass is 10.2. The molecule has 0 aliphatic rings. The maximum absolute atomic E-state index is 11.1. The first-order chi connectivity index (χ1) is 8.19. The number of nitrogens with one attached hydrogen (secondary N) is 1. The molecule has 1 heterocycles. The van der Waals surface area contributed by atoms with Crippen molar-refractivity contribution in [3.63, 3.8) is 0 Å². The van der Waals surface area contributed by atoms with Gasteiger partial charge in [0.1, 0.15) is 6.54 Å². The van der Waals surface area contributed by atoms with Crippen LogP contribution in [0.2, 0.25) is 5.02 Å². The van der Waals surface area contributed by atoms with Gasteiger partial charge < -0.3 is 5.32 Å². The molecular weight excluding hydrogens is 242 g/mol. The average Bonchev–Trinajstić information content (AvgIpc) is 2.77. The lowest BCUT2D eigenvalue weighted by Gasteiger charge is -1.96. The number of amides is 1. The van der Waals surface area contributed by atoms with Gasteiger partial charge in [-0.25, -0.2) is 0 Å². The average molecular weight is 252 g/mol. The topological polar surface area (TPSA) is 72.7 Å². The summed E-state index contributed by atoms with van der Waals surface area (Å²) in [6.07, 6.45) is 0. The van der Waals surface area contributed by atoms with Crippen molar-refractivity contribution in [2.75, 3.05) is 7.05 Å². The third-order valence-electron chi connectivity index (χ3n) is 2.10. The molecule has 0 radical (unpaired) electrons. The predicted octanol–water partition coefficient (Wildman–Crippen LogP) is 0.739. The molecule has 0 saturated carbocycles. The highest BCUT2D eigenvalue weighted by Gasteiger charge is 2.08.